The second-order valence-electron chi connectivity index (χ2n) is 11.4. The Labute approximate surface area is 254 Å². The lowest BCUT2D eigenvalue weighted by molar-refractivity contribution is 0.102. The first-order valence-electron chi connectivity index (χ1n) is 14.2. The molecule has 0 unspecified atom stereocenters. The average molecular weight is 585 g/mol. The molecule has 0 bridgehead atoms. The number of ether oxygens (including phenoxy) is 1. The summed E-state index contributed by atoms with van der Waals surface area (Å²) in [6.45, 7) is 6.36. The van der Waals surface area contributed by atoms with Crippen LogP contribution in [0.3, 0.4) is 0 Å². The summed E-state index contributed by atoms with van der Waals surface area (Å²) in [5.74, 6) is 0.638. The number of aromatic amines is 1. The molecule has 2 aromatic heterocycles. The Bertz CT molecular complexity index is 2010. The third-order valence-electron chi connectivity index (χ3n) is 7.40. The van der Waals surface area contributed by atoms with Crippen LogP contribution in [-0.2, 0) is 5.41 Å². The van der Waals surface area contributed by atoms with E-state index >= 15 is 0 Å². The van der Waals surface area contributed by atoms with Crippen LogP contribution in [-0.4, -0.2) is 34.0 Å². The van der Waals surface area contributed by atoms with E-state index < -0.39 is 0 Å². The number of nitrogens with one attached hydrogen (secondary N) is 4. The van der Waals surface area contributed by atoms with Gasteiger partial charge >= 0.3 is 6.03 Å². The van der Waals surface area contributed by atoms with Crippen molar-refractivity contribution in [3.63, 3.8) is 0 Å². The predicted octanol–water partition coefficient (Wildman–Crippen LogP) is 7.98. The van der Waals surface area contributed by atoms with Crippen LogP contribution in [0, 0.1) is 0 Å². The number of imidazole rings is 1. The molecule has 3 amide bonds. The first-order valence-corrected chi connectivity index (χ1v) is 14.2. The first-order chi connectivity index (χ1) is 21.2. The fourth-order valence-corrected chi connectivity index (χ4v) is 5.08. The molecule has 6 aromatic rings. The lowest BCUT2D eigenvalue weighted by atomic mass is 9.87. The van der Waals surface area contributed by atoms with Gasteiger partial charge in [-0.3, -0.25) is 10.1 Å². The van der Waals surface area contributed by atoms with Gasteiger partial charge in [0, 0.05) is 22.7 Å². The fourth-order valence-electron chi connectivity index (χ4n) is 5.08. The van der Waals surface area contributed by atoms with Crippen molar-refractivity contribution in [2.45, 2.75) is 26.2 Å². The molecule has 4 aromatic carbocycles. The number of methoxy groups -OCH3 is 1. The lowest BCUT2D eigenvalue weighted by Crippen LogP contribution is -2.21. The number of carbonyl (C=O) groups is 2. The number of urea groups is 1. The van der Waals surface area contributed by atoms with E-state index in [-0.39, 0.29) is 17.4 Å². The smallest absolute Gasteiger partial charge is 0.323 e. The van der Waals surface area contributed by atoms with E-state index in [9.17, 15) is 9.59 Å². The zero-order chi connectivity index (χ0) is 30.8. The maximum atomic E-state index is 13.2. The maximum absolute atomic E-state index is 13.2. The molecule has 0 atom stereocenters. The summed E-state index contributed by atoms with van der Waals surface area (Å²) >= 11 is 0. The van der Waals surface area contributed by atoms with E-state index in [4.69, 9.17) is 4.74 Å². The summed E-state index contributed by atoms with van der Waals surface area (Å²) < 4.78 is 5.49. The lowest BCUT2D eigenvalue weighted by Gasteiger charge is -2.21. The standard InChI is InChI=1S/C35H32N6O3/c1-35(2,3)23-14-17-30(44-4)28(19-23)39-34(43)38-27-16-15-24(25-12-8-9-13-26(25)27)22-18-29-31(36-20-22)40-33(37-29)41-32(42)21-10-6-5-7-11-21/h5-20H,1-4H3,(H2,38,39,43)(H2,36,37,40,41,42). The number of pyridine rings is 1. The molecule has 44 heavy (non-hydrogen) atoms. The molecule has 0 radical (unpaired) electrons. The van der Waals surface area contributed by atoms with Gasteiger partial charge in [-0.1, -0.05) is 75.4 Å². The van der Waals surface area contributed by atoms with E-state index in [0.717, 1.165) is 27.5 Å². The summed E-state index contributed by atoms with van der Waals surface area (Å²) in [4.78, 5) is 38.0. The number of anilines is 3. The van der Waals surface area contributed by atoms with Gasteiger partial charge in [-0.15, -0.1) is 0 Å². The highest BCUT2D eigenvalue weighted by Gasteiger charge is 2.18. The van der Waals surface area contributed by atoms with Crippen molar-refractivity contribution >= 4 is 51.2 Å². The van der Waals surface area contributed by atoms with E-state index in [1.807, 2.05) is 78.9 Å². The largest absolute Gasteiger partial charge is 0.495 e. The van der Waals surface area contributed by atoms with E-state index in [1.54, 1.807) is 25.4 Å². The molecule has 2 heterocycles. The van der Waals surface area contributed by atoms with Crippen LogP contribution in [0.2, 0.25) is 0 Å². The van der Waals surface area contributed by atoms with Gasteiger partial charge in [0.15, 0.2) is 5.65 Å². The molecule has 4 N–H and O–H groups in total. The Kier molecular flexibility index (Phi) is 7.45. The molecule has 0 aliphatic carbocycles. The minimum absolute atomic E-state index is 0.0866. The Morgan fingerprint density at radius 1 is 0.795 bits per heavy atom. The van der Waals surface area contributed by atoms with Crippen LogP contribution in [0.1, 0.15) is 36.7 Å². The summed E-state index contributed by atoms with van der Waals surface area (Å²) in [5, 5.41) is 10.6. The van der Waals surface area contributed by atoms with Gasteiger partial charge in [0.1, 0.15) is 11.3 Å². The van der Waals surface area contributed by atoms with Crippen LogP contribution in [0.5, 0.6) is 5.75 Å². The molecule has 0 spiro atoms. The molecule has 0 aliphatic heterocycles. The quantitative estimate of drug-likeness (QED) is 0.158. The molecule has 0 aliphatic rings. The fraction of sp³-hybridized carbons (Fsp3) is 0.143. The van der Waals surface area contributed by atoms with Crippen molar-refractivity contribution < 1.29 is 14.3 Å². The van der Waals surface area contributed by atoms with Crippen LogP contribution >= 0.6 is 0 Å². The Hall–Kier alpha value is -5.70. The number of carbonyl (C=O) groups excluding carboxylic acids is 2. The van der Waals surface area contributed by atoms with Gasteiger partial charge in [0.05, 0.1) is 18.5 Å². The van der Waals surface area contributed by atoms with Crippen molar-refractivity contribution in [1.82, 2.24) is 15.0 Å². The number of H-pyrrole nitrogens is 1. The van der Waals surface area contributed by atoms with Gasteiger partial charge in [0.25, 0.3) is 5.91 Å². The third kappa shape index (κ3) is 5.80. The zero-order valence-electron chi connectivity index (χ0n) is 24.9. The van der Waals surface area contributed by atoms with Crippen molar-refractivity contribution in [1.29, 1.82) is 0 Å². The molecule has 9 nitrogen and oxygen atoms in total. The summed E-state index contributed by atoms with van der Waals surface area (Å²) in [5.41, 5.74) is 5.73. The number of aromatic nitrogens is 3. The second kappa shape index (κ2) is 11.5. The van der Waals surface area contributed by atoms with Gasteiger partial charge in [-0.05, 0) is 58.3 Å². The normalized spacial score (nSPS) is 11.4. The van der Waals surface area contributed by atoms with Gasteiger partial charge < -0.3 is 20.4 Å². The number of amides is 3. The number of benzene rings is 4. The average Bonchev–Trinajstić information content (AvgIpc) is 3.42. The van der Waals surface area contributed by atoms with Crippen LogP contribution in [0.25, 0.3) is 33.1 Å². The first kappa shape index (κ1) is 28.4. The summed E-state index contributed by atoms with van der Waals surface area (Å²) in [6, 6.07) is 28.0. The van der Waals surface area contributed by atoms with Crippen LogP contribution in [0.4, 0.5) is 22.1 Å². The van der Waals surface area contributed by atoms with Gasteiger partial charge in [-0.25, -0.2) is 14.8 Å². The van der Waals surface area contributed by atoms with Crippen molar-refractivity contribution in [3.05, 3.63) is 108 Å². The van der Waals surface area contributed by atoms with E-state index in [0.29, 0.717) is 39.8 Å². The van der Waals surface area contributed by atoms with E-state index in [2.05, 4.69) is 51.7 Å². The highest BCUT2D eigenvalue weighted by atomic mass is 16.5. The number of rotatable bonds is 6. The predicted molar refractivity (Wildman–Crippen MR) is 176 cm³/mol. The van der Waals surface area contributed by atoms with Crippen molar-refractivity contribution in [2.24, 2.45) is 0 Å². The van der Waals surface area contributed by atoms with Gasteiger partial charge in [-0.2, -0.15) is 0 Å². The SMILES string of the molecule is COc1ccc(C(C)(C)C)cc1NC(=O)Nc1ccc(-c2cnc3[nH]c(NC(=O)c4ccccc4)nc3c2)c2ccccc12. The summed E-state index contributed by atoms with van der Waals surface area (Å²) in [6.07, 6.45) is 1.76. The highest BCUT2D eigenvalue weighted by Crippen LogP contribution is 2.35. The molecule has 220 valence electrons. The minimum Gasteiger partial charge on any atom is -0.495 e. The number of nitrogens with zero attached hydrogens (tertiary/aromatic N) is 2. The number of hydrogen-bond acceptors (Lipinski definition) is 5. The Balaban J connectivity index is 1.26. The molecule has 0 fully saturated rings. The van der Waals surface area contributed by atoms with Crippen molar-refractivity contribution in [2.75, 3.05) is 23.1 Å². The second-order valence-corrected chi connectivity index (χ2v) is 11.4. The number of fused-ring (bicyclic) bond motifs is 2. The van der Waals surface area contributed by atoms with Crippen LogP contribution in [0.15, 0.2) is 97.2 Å². The minimum atomic E-state index is -0.378. The molecule has 6 rings (SSSR count). The molecule has 0 saturated carbocycles. The Morgan fingerprint density at radius 2 is 1.52 bits per heavy atom. The molecular formula is C35H32N6O3. The number of hydrogen-bond donors (Lipinski definition) is 4. The Morgan fingerprint density at radius 3 is 2.27 bits per heavy atom. The zero-order valence-corrected chi connectivity index (χ0v) is 24.9. The highest BCUT2D eigenvalue weighted by molar-refractivity contribution is 6.10. The van der Waals surface area contributed by atoms with Crippen LogP contribution < -0.4 is 20.7 Å². The molecular weight excluding hydrogens is 552 g/mol. The third-order valence-corrected chi connectivity index (χ3v) is 7.40. The maximum Gasteiger partial charge on any atom is 0.323 e. The van der Waals surface area contributed by atoms with E-state index in [1.165, 1.54) is 0 Å². The van der Waals surface area contributed by atoms with Crippen molar-refractivity contribution in [3.8, 4) is 16.9 Å². The summed E-state index contributed by atoms with van der Waals surface area (Å²) in [7, 11) is 1.58. The molecule has 9 heteroatoms. The van der Waals surface area contributed by atoms with Gasteiger partial charge in [0.2, 0.25) is 5.95 Å². The molecule has 0 saturated heterocycles. The topological polar surface area (TPSA) is 121 Å². The monoisotopic (exact) mass is 584 g/mol.